The fraction of sp³-hybridized carbons (Fsp3) is 0.267. The highest BCUT2D eigenvalue weighted by molar-refractivity contribution is 5.95. The molecule has 198 valence electrons. The second kappa shape index (κ2) is 11.7. The summed E-state index contributed by atoms with van der Waals surface area (Å²) in [5, 5.41) is 0.778. The van der Waals surface area contributed by atoms with Gasteiger partial charge in [0.05, 0.1) is 40.5 Å². The molecule has 0 fully saturated rings. The minimum Gasteiger partial charge on any atom is -0.493 e. The summed E-state index contributed by atoms with van der Waals surface area (Å²) >= 11 is 0. The van der Waals surface area contributed by atoms with E-state index in [0.29, 0.717) is 52.6 Å². The molecular weight excluding hydrogens is 484 g/mol. The number of amides is 1. The van der Waals surface area contributed by atoms with Crippen LogP contribution < -0.4 is 24.5 Å². The number of hydrogen-bond donors (Lipinski definition) is 1. The molecule has 0 aliphatic rings. The maximum Gasteiger partial charge on any atom is 0.254 e. The number of aryl methyl sites for hydroxylation is 1. The molecule has 0 bridgehead atoms. The number of aromatic amines is 1. The third-order valence-electron chi connectivity index (χ3n) is 6.57. The zero-order valence-corrected chi connectivity index (χ0v) is 22.3. The van der Waals surface area contributed by atoms with Gasteiger partial charge in [-0.25, -0.2) is 0 Å². The number of rotatable bonds is 10. The molecule has 1 heterocycles. The van der Waals surface area contributed by atoms with Crippen LogP contribution in [0.3, 0.4) is 0 Å². The van der Waals surface area contributed by atoms with E-state index in [1.54, 1.807) is 45.5 Å². The van der Waals surface area contributed by atoms with Crippen LogP contribution in [0.2, 0.25) is 0 Å². The van der Waals surface area contributed by atoms with Crippen molar-refractivity contribution in [2.24, 2.45) is 0 Å². The lowest BCUT2D eigenvalue weighted by Crippen LogP contribution is -2.35. The number of pyridine rings is 1. The summed E-state index contributed by atoms with van der Waals surface area (Å²) in [6.07, 6.45) is 0.564. The summed E-state index contributed by atoms with van der Waals surface area (Å²) in [4.78, 5) is 31.4. The monoisotopic (exact) mass is 516 g/mol. The van der Waals surface area contributed by atoms with Crippen LogP contribution in [0.5, 0.6) is 23.0 Å². The van der Waals surface area contributed by atoms with E-state index in [2.05, 4.69) is 4.98 Å². The van der Waals surface area contributed by atoms with Gasteiger partial charge in [-0.15, -0.1) is 0 Å². The van der Waals surface area contributed by atoms with Crippen molar-refractivity contribution in [3.05, 3.63) is 93.3 Å². The highest BCUT2D eigenvalue weighted by Gasteiger charge is 2.20. The molecule has 0 unspecified atom stereocenters. The molecule has 0 saturated heterocycles. The van der Waals surface area contributed by atoms with Crippen molar-refractivity contribution < 1.29 is 23.7 Å². The highest BCUT2D eigenvalue weighted by atomic mass is 16.5. The Bertz CT molecular complexity index is 1510. The Morgan fingerprint density at radius 3 is 2.16 bits per heavy atom. The van der Waals surface area contributed by atoms with Crippen molar-refractivity contribution in [1.82, 2.24) is 9.88 Å². The maximum absolute atomic E-state index is 13.7. The van der Waals surface area contributed by atoms with E-state index in [-0.39, 0.29) is 18.0 Å². The molecule has 0 aliphatic carbocycles. The molecule has 38 heavy (non-hydrogen) atoms. The average molecular weight is 517 g/mol. The molecule has 8 heteroatoms. The number of methoxy groups -OCH3 is 4. The van der Waals surface area contributed by atoms with E-state index in [4.69, 9.17) is 18.9 Å². The fourth-order valence-electron chi connectivity index (χ4n) is 4.44. The molecule has 0 saturated carbocycles. The van der Waals surface area contributed by atoms with Gasteiger partial charge in [-0.1, -0.05) is 24.3 Å². The van der Waals surface area contributed by atoms with Gasteiger partial charge in [-0.05, 0) is 54.8 Å². The molecule has 8 nitrogen and oxygen atoms in total. The molecule has 1 N–H and O–H groups in total. The molecule has 0 spiro atoms. The SMILES string of the molecule is COc1ccc(CCN(Cc2cc3cc(OC)c(OC)cc3[nH]c2=O)C(=O)c2ccccc2C)cc1OC. The Morgan fingerprint density at radius 1 is 0.816 bits per heavy atom. The van der Waals surface area contributed by atoms with Gasteiger partial charge < -0.3 is 28.8 Å². The van der Waals surface area contributed by atoms with Gasteiger partial charge in [0.1, 0.15) is 0 Å². The number of carbonyl (C=O) groups excluding carboxylic acids is 1. The Morgan fingerprint density at radius 2 is 1.47 bits per heavy atom. The zero-order chi connectivity index (χ0) is 27.2. The van der Waals surface area contributed by atoms with E-state index in [1.165, 1.54) is 0 Å². The zero-order valence-electron chi connectivity index (χ0n) is 22.3. The van der Waals surface area contributed by atoms with E-state index >= 15 is 0 Å². The van der Waals surface area contributed by atoms with Crippen molar-refractivity contribution in [3.63, 3.8) is 0 Å². The predicted molar refractivity (Wildman–Crippen MR) is 147 cm³/mol. The molecule has 1 aromatic heterocycles. The lowest BCUT2D eigenvalue weighted by Gasteiger charge is -2.24. The maximum atomic E-state index is 13.7. The van der Waals surface area contributed by atoms with Crippen molar-refractivity contribution in [3.8, 4) is 23.0 Å². The van der Waals surface area contributed by atoms with Gasteiger partial charge in [-0.2, -0.15) is 0 Å². The lowest BCUT2D eigenvalue weighted by atomic mass is 10.1. The van der Waals surface area contributed by atoms with Gasteiger partial charge in [0.2, 0.25) is 0 Å². The standard InChI is InChI=1S/C30H32N2O6/c1-19-8-6-7-9-23(19)30(34)32(13-12-20-10-11-25(35-2)26(14-20)36-3)18-22-15-21-16-27(37-4)28(38-5)17-24(21)31-29(22)33/h6-11,14-17H,12-13,18H2,1-5H3,(H,31,33). The number of nitrogens with one attached hydrogen (secondary N) is 1. The number of ether oxygens (including phenoxy) is 4. The first kappa shape index (κ1) is 26.6. The van der Waals surface area contributed by atoms with Crippen molar-refractivity contribution in [2.75, 3.05) is 35.0 Å². The van der Waals surface area contributed by atoms with Crippen LogP contribution in [-0.4, -0.2) is 50.8 Å². The van der Waals surface area contributed by atoms with Crippen LogP contribution in [0.1, 0.15) is 27.0 Å². The Kier molecular flexibility index (Phi) is 8.21. The first-order chi connectivity index (χ1) is 18.4. The smallest absolute Gasteiger partial charge is 0.254 e. The molecule has 3 aromatic carbocycles. The molecular formula is C30H32N2O6. The predicted octanol–water partition coefficient (Wildman–Crippen LogP) is 4.76. The van der Waals surface area contributed by atoms with Crippen LogP contribution in [-0.2, 0) is 13.0 Å². The molecule has 4 aromatic rings. The van der Waals surface area contributed by atoms with Gasteiger partial charge in [0, 0.05) is 29.1 Å². The Balaban J connectivity index is 1.69. The lowest BCUT2D eigenvalue weighted by molar-refractivity contribution is 0.0744. The second-order valence-electron chi connectivity index (χ2n) is 8.90. The van der Waals surface area contributed by atoms with Crippen molar-refractivity contribution in [1.29, 1.82) is 0 Å². The van der Waals surface area contributed by atoms with Crippen LogP contribution >= 0.6 is 0 Å². The summed E-state index contributed by atoms with van der Waals surface area (Å²) < 4.78 is 21.6. The first-order valence-electron chi connectivity index (χ1n) is 12.2. The largest absolute Gasteiger partial charge is 0.493 e. The van der Waals surface area contributed by atoms with Crippen LogP contribution in [0, 0.1) is 6.92 Å². The minimum atomic E-state index is -0.265. The van der Waals surface area contributed by atoms with Gasteiger partial charge >= 0.3 is 0 Å². The Labute approximate surface area is 221 Å². The third-order valence-corrected chi connectivity index (χ3v) is 6.57. The average Bonchev–Trinajstić information content (AvgIpc) is 2.94. The van der Waals surface area contributed by atoms with E-state index in [1.807, 2.05) is 55.5 Å². The molecule has 0 atom stereocenters. The highest BCUT2D eigenvalue weighted by Crippen LogP contribution is 2.31. The van der Waals surface area contributed by atoms with Crippen LogP contribution in [0.25, 0.3) is 10.9 Å². The minimum absolute atomic E-state index is 0.139. The number of H-pyrrole nitrogens is 1. The number of nitrogens with zero attached hydrogens (tertiary/aromatic N) is 1. The van der Waals surface area contributed by atoms with E-state index in [0.717, 1.165) is 16.5 Å². The number of fused-ring (bicyclic) bond motifs is 1. The summed E-state index contributed by atoms with van der Waals surface area (Å²) in [5.74, 6) is 2.19. The second-order valence-corrected chi connectivity index (χ2v) is 8.90. The van der Waals surface area contributed by atoms with Crippen molar-refractivity contribution >= 4 is 16.8 Å². The van der Waals surface area contributed by atoms with Crippen LogP contribution in [0.4, 0.5) is 0 Å². The number of aromatic nitrogens is 1. The topological polar surface area (TPSA) is 90.1 Å². The van der Waals surface area contributed by atoms with E-state index < -0.39 is 0 Å². The van der Waals surface area contributed by atoms with Crippen molar-refractivity contribution in [2.45, 2.75) is 19.9 Å². The third kappa shape index (κ3) is 5.59. The summed E-state index contributed by atoms with van der Waals surface area (Å²) in [7, 11) is 6.29. The van der Waals surface area contributed by atoms with Crippen LogP contribution in [0.15, 0.2) is 65.5 Å². The number of benzene rings is 3. The number of hydrogen-bond acceptors (Lipinski definition) is 6. The summed E-state index contributed by atoms with van der Waals surface area (Å²) in [6.45, 7) is 2.44. The normalized spacial score (nSPS) is 10.8. The molecule has 0 radical (unpaired) electrons. The molecule has 4 rings (SSSR count). The first-order valence-corrected chi connectivity index (χ1v) is 12.2. The quantitative estimate of drug-likeness (QED) is 0.327. The number of carbonyl (C=O) groups is 1. The molecule has 1 amide bonds. The van der Waals surface area contributed by atoms with Gasteiger partial charge in [0.25, 0.3) is 11.5 Å². The Hall–Kier alpha value is -4.46. The summed E-state index contributed by atoms with van der Waals surface area (Å²) in [5.41, 5.74) is 3.28. The van der Waals surface area contributed by atoms with Gasteiger partial charge in [0.15, 0.2) is 23.0 Å². The summed E-state index contributed by atoms with van der Waals surface area (Å²) in [6, 6.07) is 18.5. The fourth-order valence-corrected chi connectivity index (χ4v) is 4.44. The van der Waals surface area contributed by atoms with E-state index in [9.17, 15) is 9.59 Å². The van der Waals surface area contributed by atoms with Gasteiger partial charge in [-0.3, -0.25) is 9.59 Å². The molecule has 0 aliphatic heterocycles.